The van der Waals surface area contributed by atoms with E-state index < -0.39 is 12.2 Å². The smallest absolute Gasteiger partial charge is 0.130 e. The van der Waals surface area contributed by atoms with Crippen molar-refractivity contribution in [3.8, 4) is 11.5 Å². The number of methoxy groups -OCH3 is 2. The molecular weight excluding hydrogens is 336 g/mol. The molecule has 0 aliphatic heterocycles. The summed E-state index contributed by atoms with van der Waals surface area (Å²) in [5, 5.41) is 21.5. The van der Waals surface area contributed by atoms with Crippen LogP contribution in [0, 0.1) is 0 Å². The molecule has 26 heavy (non-hydrogen) atoms. The Kier molecular flexibility index (Phi) is 8.12. The number of aliphatic hydroxyl groups excluding tert-OH is 2. The first kappa shape index (κ1) is 20.5. The van der Waals surface area contributed by atoms with Gasteiger partial charge in [0.1, 0.15) is 36.9 Å². The fraction of sp³-hybridized carbons (Fsp3) is 0.500. The molecule has 2 N–H and O–H groups in total. The van der Waals surface area contributed by atoms with Crippen molar-refractivity contribution in [3.05, 3.63) is 35.9 Å². The monoisotopic (exact) mass is 364 g/mol. The van der Waals surface area contributed by atoms with Crippen molar-refractivity contribution >= 4 is 10.8 Å². The first-order valence-corrected chi connectivity index (χ1v) is 8.74. The van der Waals surface area contributed by atoms with Crippen LogP contribution in [0.3, 0.4) is 0 Å². The van der Waals surface area contributed by atoms with Gasteiger partial charge in [-0.3, -0.25) is 0 Å². The van der Waals surface area contributed by atoms with Gasteiger partial charge in [0.15, 0.2) is 0 Å². The van der Waals surface area contributed by atoms with Crippen molar-refractivity contribution in [2.45, 2.75) is 25.6 Å². The van der Waals surface area contributed by atoms with Crippen LogP contribution in [0.25, 0.3) is 10.8 Å². The number of hydrogen-bond donors (Lipinski definition) is 2. The number of rotatable bonds is 11. The molecule has 6 nitrogen and oxygen atoms in total. The quantitative estimate of drug-likeness (QED) is 0.636. The van der Waals surface area contributed by atoms with Gasteiger partial charge in [0.2, 0.25) is 0 Å². The Morgan fingerprint density at radius 1 is 0.846 bits per heavy atom. The minimum absolute atomic E-state index is 0.147. The number of hydrogen-bond acceptors (Lipinski definition) is 6. The van der Waals surface area contributed by atoms with E-state index in [4.69, 9.17) is 18.9 Å². The van der Waals surface area contributed by atoms with Crippen molar-refractivity contribution in [2.24, 2.45) is 0 Å². The number of aliphatic hydroxyl groups is 2. The summed E-state index contributed by atoms with van der Waals surface area (Å²) in [6.45, 7) is 2.77. The molecule has 2 rings (SSSR count). The molecule has 0 saturated heterocycles. The lowest BCUT2D eigenvalue weighted by molar-refractivity contribution is 0.0320. The Balaban J connectivity index is 2.30. The standard InChI is InChI=1S/C20H28O6/c1-4-14-9-19(25-12-15(21)10-23-2)17-7-5-6-8-18(17)20(14)26-13-16(22)11-24-3/h5-9,15-16,21-22H,4,10-13H2,1-3H3. The average Bonchev–Trinajstić information content (AvgIpc) is 2.65. The van der Waals surface area contributed by atoms with Gasteiger partial charge >= 0.3 is 0 Å². The first-order valence-electron chi connectivity index (χ1n) is 8.74. The van der Waals surface area contributed by atoms with Gasteiger partial charge < -0.3 is 29.2 Å². The third-order valence-electron chi connectivity index (χ3n) is 3.98. The van der Waals surface area contributed by atoms with Crippen molar-refractivity contribution in [1.29, 1.82) is 0 Å². The third-order valence-corrected chi connectivity index (χ3v) is 3.98. The van der Waals surface area contributed by atoms with Gasteiger partial charge in [0.25, 0.3) is 0 Å². The van der Waals surface area contributed by atoms with Crippen molar-refractivity contribution in [3.63, 3.8) is 0 Å². The Hall–Kier alpha value is -1.86. The fourth-order valence-electron chi connectivity index (χ4n) is 2.77. The zero-order chi connectivity index (χ0) is 18.9. The second-order valence-corrected chi connectivity index (χ2v) is 6.10. The van der Waals surface area contributed by atoms with E-state index in [0.29, 0.717) is 5.75 Å². The normalized spacial score (nSPS) is 13.6. The lowest BCUT2D eigenvalue weighted by Crippen LogP contribution is -2.23. The second-order valence-electron chi connectivity index (χ2n) is 6.10. The largest absolute Gasteiger partial charge is 0.490 e. The maximum Gasteiger partial charge on any atom is 0.130 e. The summed E-state index contributed by atoms with van der Waals surface area (Å²) in [5.74, 6) is 1.43. The van der Waals surface area contributed by atoms with Gasteiger partial charge in [0, 0.05) is 25.0 Å². The molecule has 2 aromatic carbocycles. The summed E-state index contributed by atoms with van der Waals surface area (Å²) in [6, 6.07) is 9.70. The molecule has 0 heterocycles. The van der Waals surface area contributed by atoms with Gasteiger partial charge in [-0.05, 0) is 18.1 Å². The van der Waals surface area contributed by atoms with E-state index in [1.807, 2.05) is 37.3 Å². The molecule has 0 saturated carbocycles. The van der Waals surface area contributed by atoms with Crippen LogP contribution in [0.15, 0.2) is 30.3 Å². The molecule has 2 aromatic rings. The van der Waals surface area contributed by atoms with Gasteiger partial charge in [-0.15, -0.1) is 0 Å². The number of aryl methyl sites for hydroxylation is 1. The predicted octanol–water partition coefficient (Wildman–Crippen LogP) is 2.17. The molecule has 0 bridgehead atoms. The Labute approximate surface area is 154 Å². The molecule has 0 aromatic heterocycles. The third kappa shape index (κ3) is 5.32. The molecule has 2 atom stereocenters. The Bertz CT molecular complexity index is 687. The maximum absolute atomic E-state index is 9.88. The van der Waals surface area contributed by atoms with Crippen LogP contribution in [0.5, 0.6) is 11.5 Å². The number of fused-ring (bicyclic) bond motifs is 1. The lowest BCUT2D eigenvalue weighted by atomic mass is 10.0. The van der Waals surface area contributed by atoms with Crippen LogP contribution in [0.1, 0.15) is 12.5 Å². The SMILES string of the molecule is CCc1cc(OCC(O)COC)c2ccccc2c1OCC(O)COC. The van der Waals surface area contributed by atoms with Crippen LogP contribution in [0.4, 0.5) is 0 Å². The zero-order valence-corrected chi connectivity index (χ0v) is 15.6. The maximum atomic E-state index is 9.88. The molecular formula is C20H28O6. The fourth-order valence-corrected chi connectivity index (χ4v) is 2.77. The van der Waals surface area contributed by atoms with E-state index in [2.05, 4.69) is 0 Å². The molecule has 0 fully saturated rings. The molecule has 0 radical (unpaired) electrons. The van der Waals surface area contributed by atoms with Crippen molar-refractivity contribution in [1.82, 2.24) is 0 Å². The molecule has 0 aliphatic carbocycles. The van der Waals surface area contributed by atoms with Crippen LogP contribution >= 0.6 is 0 Å². The van der Waals surface area contributed by atoms with E-state index in [1.54, 1.807) is 7.11 Å². The lowest BCUT2D eigenvalue weighted by Gasteiger charge is -2.19. The van der Waals surface area contributed by atoms with Crippen LogP contribution in [0.2, 0.25) is 0 Å². The van der Waals surface area contributed by atoms with Gasteiger partial charge in [-0.2, -0.15) is 0 Å². The summed E-state index contributed by atoms with van der Waals surface area (Å²) in [5.41, 5.74) is 0.976. The molecule has 6 heteroatoms. The van der Waals surface area contributed by atoms with Crippen molar-refractivity contribution in [2.75, 3.05) is 40.6 Å². The topological polar surface area (TPSA) is 77.4 Å². The Morgan fingerprint density at radius 3 is 2.00 bits per heavy atom. The van der Waals surface area contributed by atoms with E-state index in [0.717, 1.165) is 28.5 Å². The van der Waals surface area contributed by atoms with E-state index >= 15 is 0 Å². The summed E-state index contributed by atoms with van der Waals surface area (Å²) >= 11 is 0. The van der Waals surface area contributed by atoms with Crippen LogP contribution in [-0.4, -0.2) is 63.1 Å². The summed E-state index contributed by atoms with van der Waals surface area (Å²) in [7, 11) is 3.08. The van der Waals surface area contributed by atoms with Crippen LogP contribution < -0.4 is 9.47 Å². The van der Waals surface area contributed by atoms with E-state index in [1.165, 1.54) is 7.11 Å². The average molecular weight is 364 g/mol. The second kappa shape index (κ2) is 10.3. The predicted molar refractivity (Wildman–Crippen MR) is 100 cm³/mol. The molecule has 0 spiro atoms. The van der Waals surface area contributed by atoms with Gasteiger partial charge in [-0.25, -0.2) is 0 Å². The molecule has 0 amide bonds. The molecule has 144 valence electrons. The van der Waals surface area contributed by atoms with Crippen molar-refractivity contribution < 1.29 is 29.2 Å². The number of ether oxygens (including phenoxy) is 4. The molecule has 0 aliphatic rings. The Morgan fingerprint density at radius 2 is 1.42 bits per heavy atom. The highest BCUT2D eigenvalue weighted by molar-refractivity contribution is 5.94. The minimum atomic E-state index is -0.691. The minimum Gasteiger partial charge on any atom is -0.490 e. The highest BCUT2D eigenvalue weighted by Crippen LogP contribution is 2.37. The first-order chi connectivity index (χ1) is 12.6. The zero-order valence-electron chi connectivity index (χ0n) is 15.6. The van der Waals surface area contributed by atoms with E-state index in [-0.39, 0.29) is 26.4 Å². The summed E-state index contributed by atoms with van der Waals surface area (Å²) in [6.07, 6.45) is -0.634. The summed E-state index contributed by atoms with van der Waals surface area (Å²) in [4.78, 5) is 0. The highest BCUT2D eigenvalue weighted by atomic mass is 16.5. The van der Waals surface area contributed by atoms with E-state index in [9.17, 15) is 10.2 Å². The number of benzene rings is 2. The van der Waals surface area contributed by atoms with Gasteiger partial charge in [-0.1, -0.05) is 31.2 Å². The highest BCUT2D eigenvalue weighted by Gasteiger charge is 2.16. The summed E-state index contributed by atoms with van der Waals surface area (Å²) < 4.78 is 21.6. The van der Waals surface area contributed by atoms with Gasteiger partial charge in [0.05, 0.1) is 13.2 Å². The van der Waals surface area contributed by atoms with Crippen LogP contribution in [-0.2, 0) is 15.9 Å². The molecule has 2 unspecified atom stereocenters.